The Morgan fingerprint density at radius 1 is 1.29 bits per heavy atom. The lowest BCUT2D eigenvalue weighted by molar-refractivity contribution is -0.128. The van der Waals surface area contributed by atoms with Crippen LogP contribution in [-0.2, 0) is 20.7 Å². The van der Waals surface area contributed by atoms with E-state index in [1.165, 1.54) is 0 Å². The Bertz CT molecular complexity index is 513. The summed E-state index contributed by atoms with van der Waals surface area (Å²) in [6.07, 6.45) is 5.06. The van der Waals surface area contributed by atoms with Crippen LogP contribution in [-0.4, -0.2) is 37.1 Å². The highest BCUT2D eigenvalue weighted by Crippen LogP contribution is 2.14. The average Bonchev–Trinajstić information content (AvgIpc) is 3.08. The molecule has 2 amide bonds. The van der Waals surface area contributed by atoms with Crippen LogP contribution in [0.4, 0.5) is 0 Å². The number of carbonyl (C=O) groups is 2. The van der Waals surface area contributed by atoms with Crippen LogP contribution in [0.25, 0.3) is 0 Å². The minimum atomic E-state index is -0.462. The van der Waals surface area contributed by atoms with Crippen LogP contribution in [0.15, 0.2) is 30.3 Å². The fourth-order valence-electron chi connectivity index (χ4n) is 2.94. The van der Waals surface area contributed by atoms with E-state index in [0.717, 1.165) is 37.9 Å². The van der Waals surface area contributed by atoms with E-state index in [9.17, 15) is 9.59 Å². The van der Waals surface area contributed by atoms with Gasteiger partial charge in [0.05, 0.1) is 12.5 Å². The van der Waals surface area contributed by atoms with Crippen molar-refractivity contribution in [3.63, 3.8) is 0 Å². The first-order valence-electron chi connectivity index (χ1n) is 8.91. The summed E-state index contributed by atoms with van der Waals surface area (Å²) in [5.41, 5.74) is 0.948. The van der Waals surface area contributed by atoms with Crippen molar-refractivity contribution in [1.82, 2.24) is 10.6 Å². The first-order chi connectivity index (χ1) is 11.7. The molecule has 0 saturated carbocycles. The quantitative estimate of drug-likeness (QED) is 0.728. The zero-order valence-electron chi connectivity index (χ0n) is 14.4. The van der Waals surface area contributed by atoms with Crippen LogP contribution in [0.3, 0.4) is 0 Å². The number of benzene rings is 1. The van der Waals surface area contributed by atoms with Crippen molar-refractivity contribution in [3.8, 4) is 0 Å². The van der Waals surface area contributed by atoms with Crippen LogP contribution in [0.2, 0.25) is 0 Å². The molecule has 24 heavy (non-hydrogen) atoms. The zero-order chi connectivity index (χ0) is 17.2. The molecule has 2 N–H and O–H groups in total. The maximum absolute atomic E-state index is 12.3. The number of ether oxygens (including phenoxy) is 1. The van der Waals surface area contributed by atoms with Crippen molar-refractivity contribution >= 4 is 11.8 Å². The number of amides is 2. The lowest BCUT2D eigenvalue weighted by atomic mass is 10.1. The van der Waals surface area contributed by atoms with Gasteiger partial charge in [0.15, 0.2) is 0 Å². The number of rotatable bonds is 9. The molecule has 2 unspecified atom stereocenters. The van der Waals surface area contributed by atoms with Crippen LogP contribution in [0.5, 0.6) is 0 Å². The minimum absolute atomic E-state index is 0.101. The van der Waals surface area contributed by atoms with Crippen molar-refractivity contribution in [1.29, 1.82) is 0 Å². The summed E-state index contributed by atoms with van der Waals surface area (Å²) >= 11 is 0. The van der Waals surface area contributed by atoms with Gasteiger partial charge in [-0.05, 0) is 31.2 Å². The van der Waals surface area contributed by atoms with Crippen molar-refractivity contribution in [2.45, 2.75) is 57.6 Å². The molecule has 1 aromatic rings. The smallest absolute Gasteiger partial charge is 0.242 e. The minimum Gasteiger partial charge on any atom is -0.378 e. The van der Waals surface area contributed by atoms with E-state index in [1.54, 1.807) is 0 Å². The monoisotopic (exact) mass is 332 g/mol. The van der Waals surface area contributed by atoms with Crippen LogP contribution < -0.4 is 10.6 Å². The van der Waals surface area contributed by atoms with Gasteiger partial charge >= 0.3 is 0 Å². The number of carbonyl (C=O) groups excluding carboxylic acids is 2. The van der Waals surface area contributed by atoms with Crippen LogP contribution in [0.1, 0.15) is 44.6 Å². The molecular weight excluding hydrogens is 304 g/mol. The second-order valence-corrected chi connectivity index (χ2v) is 6.29. The molecule has 1 aliphatic heterocycles. The summed E-state index contributed by atoms with van der Waals surface area (Å²) in [7, 11) is 0. The number of nitrogens with one attached hydrogen (secondary N) is 2. The van der Waals surface area contributed by atoms with Crippen LogP contribution in [0, 0.1) is 0 Å². The van der Waals surface area contributed by atoms with E-state index < -0.39 is 6.04 Å². The van der Waals surface area contributed by atoms with Gasteiger partial charge in [-0.3, -0.25) is 9.59 Å². The summed E-state index contributed by atoms with van der Waals surface area (Å²) < 4.78 is 5.55. The average molecular weight is 332 g/mol. The number of hydrogen-bond acceptors (Lipinski definition) is 3. The Kier molecular flexibility index (Phi) is 7.75. The molecular formula is C19H28N2O3. The highest BCUT2D eigenvalue weighted by atomic mass is 16.5. The third-order valence-corrected chi connectivity index (χ3v) is 4.23. The van der Waals surface area contributed by atoms with Crippen LogP contribution >= 0.6 is 0 Å². The van der Waals surface area contributed by atoms with Gasteiger partial charge in [-0.15, -0.1) is 0 Å². The third kappa shape index (κ3) is 6.32. The molecule has 2 atom stereocenters. The SMILES string of the molecule is CCCC(NC(=O)Cc1ccccc1)C(=O)NCCC1CCCO1. The largest absolute Gasteiger partial charge is 0.378 e. The summed E-state index contributed by atoms with van der Waals surface area (Å²) in [6, 6.07) is 9.10. The third-order valence-electron chi connectivity index (χ3n) is 4.23. The fraction of sp³-hybridized carbons (Fsp3) is 0.579. The Morgan fingerprint density at radius 3 is 2.75 bits per heavy atom. The maximum Gasteiger partial charge on any atom is 0.242 e. The van der Waals surface area contributed by atoms with E-state index in [2.05, 4.69) is 10.6 Å². The Morgan fingerprint density at radius 2 is 2.08 bits per heavy atom. The summed E-state index contributed by atoms with van der Waals surface area (Å²) in [6.45, 7) is 3.43. The highest BCUT2D eigenvalue weighted by Gasteiger charge is 2.21. The fourth-order valence-corrected chi connectivity index (χ4v) is 2.94. The molecule has 5 nitrogen and oxygen atoms in total. The Balaban J connectivity index is 1.76. The topological polar surface area (TPSA) is 67.4 Å². The molecule has 1 heterocycles. The lowest BCUT2D eigenvalue weighted by Crippen LogP contribution is -2.47. The molecule has 0 aromatic heterocycles. The second kappa shape index (κ2) is 10.1. The Hall–Kier alpha value is -1.88. The lowest BCUT2D eigenvalue weighted by Gasteiger charge is -2.18. The zero-order valence-corrected chi connectivity index (χ0v) is 14.4. The molecule has 1 aromatic carbocycles. The van der Waals surface area contributed by atoms with Gasteiger partial charge < -0.3 is 15.4 Å². The first-order valence-corrected chi connectivity index (χ1v) is 8.91. The highest BCUT2D eigenvalue weighted by molar-refractivity contribution is 5.88. The molecule has 1 fully saturated rings. The van der Waals surface area contributed by atoms with Gasteiger partial charge in [-0.25, -0.2) is 0 Å². The van der Waals surface area contributed by atoms with Gasteiger partial charge in [-0.1, -0.05) is 43.7 Å². The molecule has 0 aliphatic carbocycles. The van der Waals surface area contributed by atoms with Gasteiger partial charge in [0.25, 0.3) is 0 Å². The van der Waals surface area contributed by atoms with E-state index in [1.807, 2.05) is 37.3 Å². The molecule has 5 heteroatoms. The van der Waals surface area contributed by atoms with E-state index in [-0.39, 0.29) is 17.9 Å². The molecule has 0 radical (unpaired) electrons. The number of hydrogen-bond donors (Lipinski definition) is 2. The second-order valence-electron chi connectivity index (χ2n) is 6.29. The molecule has 0 bridgehead atoms. The van der Waals surface area contributed by atoms with Crippen molar-refractivity contribution in [2.24, 2.45) is 0 Å². The van der Waals surface area contributed by atoms with Crippen molar-refractivity contribution < 1.29 is 14.3 Å². The first kappa shape index (κ1) is 18.5. The van der Waals surface area contributed by atoms with E-state index in [4.69, 9.17) is 4.74 Å². The van der Waals surface area contributed by atoms with Gasteiger partial charge in [-0.2, -0.15) is 0 Å². The molecule has 2 rings (SSSR count). The predicted octanol–water partition coefficient (Wildman–Crippen LogP) is 2.20. The summed E-state index contributed by atoms with van der Waals surface area (Å²) in [5, 5.41) is 5.79. The molecule has 1 aliphatic rings. The van der Waals surface area contributed by atoms with Gasteiger partial charge in [0.1, 0.15) is 6.04 Å². The van der Waals surface area contributed by atoms with Crippen molar-refractivity contribution in [2.75, 3.05) is 13.2 Å². The molecule has 0 spiro atoms. The standard InChI is InChI=1S/C19H28N2O3/c1-2-7-17(19(23)20-12-11-16-10-6-13-24-16)21-18(22)14-15-8-4-3-5-9-15/h3-5,8-9,16-17H,2,6-7,10-14H2,1H3,(H,20,23)(H,21,22). The summed E-state index contributed by atoms with van der Waals surface area (Å²) in [5.74, 6) is -0.217. The van der Waals surface area contributed by atoms with Gasteiger partial charge in [0.2, 0.25) is 11.8 Å². The van der Waals surface area contributed by atoms with Crippen molar-refractivity contribution in [3.05, 3.63) is 35.9 Å². The molecule has 1 saturated heterocycles. The molecule has 132 valence electrons. The predicted molar refractivity (Wildman–Crippen MR) is 93.6 cm³/mol. The maximum atomic E-state index is 12.3. The normalized spacial score (nSPS) is 18.1. The summed E-state index contributed by atoms with van der Waals surface area (Å²) in [4.78, 5) is 24.5. The van der Waals surface area contributed by atoms with E-state index in [0.29, 0.717) is 19.4 Å². The van der Waals surface area contributed by atoms with Gasteiger partial charge in [0, 0.05) is 13.2 Å². The van der Waals surface area contributed by atoms with E-state index >= 15 is 0 Å². The Labute approximate surface area is 144 Å².